The van der Waals surface area contributed by atoms with Crippen LogP contribution in [0.25, 0.3) is 0 Å². The van der Waals surface area contributed by atoms with Gasteiger partial charge in [0.25, 0.3) is 0 Å². The van der Waals surface area contributed by atoms with Crippen LogP contribution in [0, 0.1) is 10.1 Å². The first-order valence-electron chi connectivity index (χ1n) is 7.09. The van der Waals surface area contributed by atoms with Crippen molar-refractivity contribution in [2.45, 2.75) is 38.8 Å². The van der Waals surface area contributed by atoms with Crippen molar-refractivity contribution in [2.24, 2.45) is 0 Å². The van der Waals surface area contributed by atoms with E-state index >= 15 is 0 Å². The molecule has 0 radical (unpaired) electrons. The molecule has 0 aromatic carbocycles. The van der Waals surface area contributed by atoms with Crippen LogP contribution in [0.2, 0.25) is 0 Å². The Labute approximate surface area is 128 Å². The number of rotatable bonds is 3. The van der Waals surface area contributed by atoms with Gasteiger partial charge in [-0.2, -0.15) is 0 Å². The van der Waals surface area contributed by atoms with Crippen molar-refractivity contribution in [1.82, 2.24) is 10.3 Å². The van der Waals surface area contributed by atoms with Crippen LogP contribution in [0.4, 0.5) is 16.3 Å². The molecule has 0 bridgehead atoms. The minimum atomic E-state index is -0.531. The lowest BCUT2D eigenvalue weighted by Crippen LogP contribution is -2.42. The van der Waals surface area contributed by atoms with E-state index in [0.29, 0.717) is 19.5 Å². The summed E-state index contributed by atoms with van der Waals surface area (Å²) in [7, 11) is 0. The number of carbonyl (C=O) groups is 1. The highest BCUT2D eigenvalue weighted by molar-refractivity contribution is 5.68. The second-order valence-corrected chi connectivity index (χ2v) is 6.27. The van der Waals surface area contributed by atoms with E-state index in [1.54, 1.807) is 6.07 Å². The van der Waals surface area contributed by atoms with Gasteiger partial charge in [-0.05, 0) is 36.7 Å². The first-order valence-corrected chi connectivity index (χ1v) is 7.09. The highest BCUT2D eigenvalue weighted by atomic mass is 16.6. The number of aromatic nitrogens is 1. The minimum absolute atomic E-state index is 0.180. The summed E-state index contributed by atoms with van der Waals surface area (Å²) in [5.41, 5.74) is 0.449. The van der Waals surface area contributed by atoms with Gasteiger partial charge in [0, 0.05) is 24.6 Å². The number of alkyl carbamates (subject to hydrolysis) is 1. The zero-order valence-electron chi connectivity index (χ0n) is 12.9. The lowest BCUT2D eigenvalue weighted by molar-refractivity contribution is -0.389. The molecule has 1 N–H and O–H groups in total. The van der Waals surface area contributed by atoms with Crippen LogP contribution in [0.3, 0.4) is 0 Å². The Balaban J connectivity index is 1.89. The fraction of sp³-hybridized carbons (Fsp3) is 0.571. The average molecular weight is 308 g/mol. The maximum atomic E-state index is 11.7. The summed E-state index contributed by atoms with van der Waals surface area (Å²) >= 11 is 0. The SMILES string of the molecule is CC(C)(C)NC(=O)OC1CCN(c2ccc([N+](=O)[O-])nc2)C1. The van der Waals surface area contributed by atoms with Crippen LogP contribution < -0.4 is 10.2 Å². The fourth-order valence-corrected chi connectivity index (χ4v) is 2.22. The molecule has 1 atom stereocenters. The molecule has 1 aromatic heterocycles. The number of ether oxygens (including phenoxy) is 1. The van der Waals surface area contributed by atoms with Crippen molar-refractivity contribution in [3.63, 3.8) is 0 Å². The molecule has 8 nitrogen and oxygen atoms in total. The molecule has 0 spiro atoms. The van der Waals surface area contributed by atoms with Crippen molar-refractivity contribution >= 4 is 17.6 Å². The molecule has 1 aliphatic rings. The Morgan fingerprint density at radius 2 is 2.23 bits per heavy atom. The number of nitrogens with one attached hydrogen (secondary N) is 1. The van der Waals surface area contributed by atoms with E-state index < -0.39 is 11.0 Å². The van der Waals surface area contributed by atoms with E-state index in [1.807, 2.05) is 25.7 Å². The number of nitro groups is 1. The van der Waals surface area contributed by atoms with Crippen LogP contribution in [-0.4, -0.2) is 40.7 Å². The summed E-state index contributed by atoms with van der Waals surface area (Å²) in [4.78, 5) is 27.6. The van der Waals surface area contributed by atoms with Gasteiger partial charge in [0.2, 0.25) is 0 Å². The molecule has 1 unspecified atom stereocenters. The Morgan fingerprint density at radius 3 is 2.77 bits per heavy atom. The van der Waals surface area contributed by atoms with E-state index in [4.69, 9.17) is 4.74 Å². The van der Waals surface area contributed by atoms with Crippen LogP contribution in [0.1, 0.15) is 27.2 Å². The molecule has 1 amide bonds. The topological polar surface area (TPSA) is 97.6 Å². The van der Waals surface area contributed by atoms with E-state index in [9.17, 15) is 14.9 Å². The monoisotopic (exact) mass is 308 g/mol. The predicted molar refractivity (Wildman–Crippen MR) is 80.9 cm³/mol. The number of carbonyl (C=O) groups excluding carboxylic acids is 1. The number of nitrogens with zero attached hydrogens (tertiary/aromatic N) is 3. The third kappa shape index (κ3) is 4.31. The van der Waals surface area contributed by atoms with Crippen LogP contribution >= 0.6 is 0 Å². The largest absolute Gasteiger partial charge is 0.444 e. The molecule has 0 aliphatic carbocycles. The fourth-order valence-electron chi connectivity index (χ4n) is 2.22. The standard InChI is InChI=1S/C14H20N4O4/c1-14(2,3)16-13(19)22-11-6-7-17(9-11)10-4-5-12(15-8-10)18(20)21/h4-5,8,11H,6-7,9H2,1-3H3,(H,16,19). The van der Waals surface area contributed by atoms with E-state index in [-0.39, 0.29) is 17.5 Å². The molecule has 1 aromatic rings. The summed E-state index contributed by atoms with van der Waals surface area (Å²) in [6, 6.07) is 3.03. The van der Waals surface area contributed by atoms with Crippen LogP contribution in [-0.2, 0) is 4.74 Å². The van der Waals surface area contributed by atoms with E-state index in [1.165, 1.54) is 12.3 Å². The molecule has 1 fully saturated rings. The molecule has 2 rings (SSSR count). The van der Waals surface area contributed by atoms with Gasteiger partial charge in [-0.1, -0.05) is 0 Å². The van der Waals surface area contributed by atoms with Gasteiger partial charge in [-0.3, -0.25) is 0 Å². The highest BCUT2D eigenvalue weighted by Crippen LogP contribution is 2.22. The van der Waals surface area contributed by atoms with Crippen molar-refractivity contribution in [2.75, 3.05) is 18.0 Å². The summed E-state index contributed by atoms with van der Waals surface area (Å²) < 4.78 is 5.38. The lowest BCUT2D eigenvalue weighted by Gasteiger charge is -2.22. The Morgan fingerprint density at radius 1 is 1.50 bits per heavy atom. The number of hydrogen-bond donors (Lipinski definition) is 1. The minimum Gasteiger partial charge on any atom is -0.444 e. The third-order valence-electron chi connectivity index (χ3n) is 3.18. The normalized spacial score (nSPS) is 18.1. The highest BCUT2D eigenvalue weighted by Gasteiger charge is 2.28. The first kappa shape index (κ1) is 16.0. The summed E-state index contributed by atoms with van der Waals surface area (Å²) in [6.45, 7) is 6.93. The van der Waals surface area contributed by atoms with Crippen molar-refractivity contribution < 1.29 is 14.5 Å². The van der Waals surface area contributed by atoms with Crippen molar-refractivity contribution in [3.05, 3.63) is 28.4 Å². The molecule has 1 aliphatic heterocycles. The molecular formula is C14H20N4O4. The Kier molecular flexibility index (Phi) is 4.48. The maximum absolute atomic E-state index is 11.7. The van der Waals surface area contributed by atoms with Gasteiger partial charge in [0.1, 0.15) is 6.10 Å². The second-order valence-electron chi connectivity index (χ2n) is 6.27. The van der Waals surface area contributed by atoms with Gasteiger partial charge in [-0.15, -0.1) is 0 Å². The van der Waals surface area contributed by atoms with E-state index in [2.05, 4.69) is 10.3 Å². The first-order chi connectivity index (χ1) is 10.2. The van der Waals surface area contributed by atoms with E-state index in [0.717, 1.165) is 5.69 Å². The Bertz CT molecular complexity index is 553. The third-order valence-corrected chi connectivity index (χ3v) is 3.18. The number of amides is 1. The average Bonchev–Trinajstić information content (AvgIpc) is 2.85. The molecule has 120 valence electrons. The zero-order chi connectivity index (χ0) is 16.3. The Hall–Kier alpha value is -2.38. The molecule has 22 heavy (non-hydrogen) atoms. The molecule has 1 saturated heterocycles. The summed E-state index contributed by atoms with van der Waals surface area (Å²) in [5.74, 6) is -0.180. The number of hydrogen-bond acceptors (Lipinski definition) is 6. The van der Waals surface area contributed by atoms with Crippen molar-refractivity contribution in [1.29, 1.82) is 0 Å². The molecular weight excluding hydrogens is 288 g/mol. The van der Waals surface area contributed by atoms with Crippen LogP contribution in [0.5, 0.6) is 0 Å². The summed E-state index contributed by atoms with van der Waals surface area (Å²) in [5, 5.41) is 13.3. The molecule has 0 saturated carbocycles. The quantitative estimate of drug-likeness (QED) is 0.678. The smallest absolute Gasteiger partial charge is 0.407 e. The van der Waals surface area contributed by atoms with Gasteiger partial charge < -0.3 is 25.1 Å². The number of anilines is 1. The van der Waals surface area contributed by atoms with Gasteiger partial charge in [-0.25, -0.2) is 4.79 Å². The molecule has 8 heteroatoms. The maximum Gasteiger partial charge on any atom is 0.407 e. The van der Waals surface area contributed by atoms with Gasteiger partial charge in [0.15, 0.2) is 6.20 Å². The van der Waals surface area contributed by atoms with Gasteiger partial charge in [0.05, 0.1) is 12.2 Å². The summed E-state index contributed by atoms with van der Waals surface area (Å²) in [6.07, 6.45) is 1.56. The van der Waals surface area contributed by atoms with Gasteiger partial charge >= 0.3 is 11.9 Å². The second kappa shape index (κ2) is 6.17. The zero-order valence-corrected chi connectivity index (χ0v) is 12.9. The molecule has 2 heterocycles. The predicted octanol–water partition coefficient (Wildman–Crippen LogP) is 2.09. The van der Waals surface area contributed by atoms with Crippen molar-refractivity contribution in [3.8, 4) is 0 Å². The lowest BCUT2D eigenvalue weighted by atomic mass is 10.1. The van der Waals surface area contributed by atoms with Crippen LogP contribution in [0.15, 0.2) is 18.3 Å². The number of pyridine rings is 1.